The lowest BCUT2D eigenvalue weighted by Crippen LogP contribution is -2.24. The third-order valence-corrected chi connectivity index (χ3v) is 3.61. The number of nitrogens with two attached hydrogens (primary N) is 1. The molecular weight excluding hydrogens is 281 g/mol. The molecule has 3 nitrogen and oxygen atoms in total. The van der Waals surface area contributed by atoms with Gasteiger partial charge in [0, 0.05) is 17.8 Å². The molecule has 3 N–H and O–H groups in total. The molecule has 0 aliphatic carbocycles. The summed E-state index contributed by atoms with van der Waals surface area (Å²) in [7, 11) is 0. The molecule has 0 radical (unpaired) electrons. The summed E-state index contributed by atoms with van der Waals surface area (Å²) in [5, 5.41) is 2.49. The van der Waals surface area contributed by atoms with Crippen molar-refractivity contribution in [3.8, 4) is 0 Å². The summed E-state index contributed by atoms with van der Waals surface area (Å²) in [6, 6.07) is 3.37. The summed E-state index contributed by atoms with van der Waals surface area (Å²) in [6.07, 6.45) is -4.29. The minimum absolute atomic E-state index is 0.0460. The maximum absolute atomic E-state index is 12.7. The van der Waals surface area contributed by atoms with Crippen LogP contribution in [-0.2, 0) is 11.0 Å². The van der Waals surface area contributed by atoms with Crippen molar-refractivity contribution in [2.24, 2.45) is 11.3 Å². The number of rotatable bonds is 3. The van der Waals surface area contributed by atoms with Gasteiger partial charge in [-0.3, -0.25) is 4.79 Å². The predicted molar refractivity (Wildman–Crippen MR) is 77.7 cm³/mol. The van der Waals surface area contributed by atoms with Gasteiger partial charge in [-0.25, -0.2) is 0 Å². The van der Waals surface area contributed by atoms with E-state index in [1.54, 1.807) is 0 Å². The highest BCUT2D eigenvalue weighted by molar-refractivity contribution is 5.91. The van der Waals surface area contributed by atoms with Gasteiger partial charge in [0.15, 0.2) is 0 Å². The van der Waals surface area contributed by atoms with Crippen LogP contribution in [-0.4, -0.2) is 5.91 Å². The van der Waals surface area contributed by atoms with E-state index in [2.05, 4.69) is 5.32 Å². The Labute approximate surface area is 122 Å². The van der Waals surface area contributed by atoms with E-state index in [1.807, 2.05) is 27.7 Å². The van der Waals surface area contributed by atoms with Crippen molar-refractivity contribution in [3.05, 3.63) is 23.8 Å². The molecule has 0 fully saturated rings. The van der Waals surface area contributed by atoms with Gasteiger partial charge in [-0.15, -0.1) is 0 Å². The summed E-state index contributed by atoms with van der Waals surface area (Å²) >= 11 is 0. The molecule has 0 heterocycles. The van der Waals surface area contributed by atoms with Crippen LogP contribution in [0.5, 0.6) is 0 Å². The molecule has 0 aliphatic heterocycles. The van der Waals surface area contributed by atoms with Crippen molar-refractivity contribution in [2.75, 3.05) is 11.1 Å². The largest absolute Gasteiger partial charge is 0.418 e. The number of carbonyl (C=O) groups is 1. The third-order valence-electron chi connectivity index (χ3n) is 3.61. The van der Waals surface area contributed by atoms with Crippen LogP contribution in [0.25, 0.3) is 0 Å². The second-order valence-electron chi connectivity index (χ2n) is 6.32. The fourth-order valence-corrected chi connectivity index (χ4v) is 1.68. The van der Waals surface area contributed by atoms with Gasteiger partial charge in [-0.2, -0.15) is 13.2 Å². The number of benzene rings is 1. The zero-order valence-electron chi connectivity index (χ0n) is 12.6. The maximum Gasteiger partial charge on any atom is 0.418 e. The molecule has 0 saturated carbocycles. The molecular formula is C15H21F3N2O. The molecule has 1 aromatic rings. The average Bonchev–Trinajstić information content (AvgIpc) is 2.28. The van der Waals surface area contributed by atoms with E-state index in [4.69, 9.17) is 5.73 Å². The minimum Gasteiger partial charge on any atom is -0.398 e. The Morgan fingerprint density at radius 1 is 1.29 bits per heavy atom. The smallest absolute Gasteiger partial charge is 0.398 e. The molecule has 1 atom stereocenters. The second kappa shape index (κ2) is 5.95. The van der Waals surface area contributed by atoms with E-state index >= 15 is 0 Å². The Morgan fingerprint density at radius 2 is 1.86 bits per heavy atom. The van der Waals surface area contributed by atoms with Gasteiger partial charge >= 0.3 is 6.18 Å². The summed E-state index contributed by atoms with van der Waals surface area (Å²) in [5.41, 5.74) is 4.07. The van der Waals surface area contributed by atoms with Crippen LogP contribution < -0.4 is 11.1 Å². The van der Waals surface area contributed by atoms with Crippen molar-refractivity contribution in [1.82, 2.24) is 0 Å². The van der Waals surface area contributed by atoms with E-state index in [-0.39, 0.29) is 35.0 Å². The van der Waals surface area contributed by atoms with Crippen LogP contribution >= 0.6 is 0 Å². The molecule has 0 bridgehead atoms. The van der Waals surface area contributed by atoms with E-state index in [0.717, 1.165) is 12.1 Å². The summed E-state index contributed by atoms with van der Waals surface area (Å²) in [5.74, 6) is -0.205. The number of amides is 1. The summed E-state index contributed by atoms with van der Waals surface area (Å²) in [4.78, 5) is 11.9. The topological polar surface area (TPSA) is 55.1 Å². The van der Waals surface area contributed by atoms with Gasteiger partial charge in [0.2, 0.25) is 5.91 Å². The standard InChI is InChI=1S/C15H21F3N2O/c1-9(14(2,3)4)7-13(21)20-10-5-6-12(19)11(8-10)15(16,17)18/h5-6,8-9H,7,19H2,1-4H3,(H,20,21). The highest BCUT2D eigenvalue weighted by Gasteiger charge is 2.33. The average molecular weight is 302 g/mol. The molecule has 6 heteroatoms. The van der Waals surface area contributed by atoms with Gasteiger partial charge in [0.25, 0.3) is 0 Å². The van der Waals surface area contributed by atoms with Gasteiger partial charge < -0.3 is 11.1 Å². The molecule has 1 rings (SSSR count). The number of hydrogen-bond donors (Lipinski definition) is 2. The molecule has 118 valence electrons. The lowest BCUT2D eigenvalue weighted by atomic mass is 9.80. The number of alkyl halides is 3. The molecule has 0 saturated heterocycles. The molecule has 21 heavy (non-hydrogen) atoms. The fraction of sp³-hybridized carbons (Fsp3) is 0.533. The number of nitrogens with one attached hydrogen (secondary N) is 1. The highest BCUT2D eigenvalue weighted by Crippen LogP contribution is 2.35. The van der Waals surface area contributed by atoms with Crippen molar-refractivity contribution < 1.29 is 18.0 Å². The van der Waals surface area contributed by atoms with Crippen molar-refractivity contribution in [1.29, 1.82) is 0 Å². The van der Waals surface area contributed by atoms with E-state index in [0.29, 0.717) is 0 Å². The maximum atomic E-state index is 12.7. The van der Waals surface area contributed by atoms with Gasteiger partial charge in [-0.1, -0.05) is 27.7 Å². The monoisotopic (exact) mass is 302 g/mol. The Kier molecular flexibility index (Phi) is 4.91. The number of anilines is 2. The molecule has 1 aromatic carbocycles. The van der Waals surface area contributed by atoms with E-state index in [1.165, 1.54) is 6.07 Å². The summed E-state index contributed by atoms with van der Waals surface area (Å²) < 4.78 is 38.2. The zero-order valence-corrected chi connectivity index (χ0v) is 12.6. The Morgan fingerprint density at radius 3 is 2.33 bits per heavy atom. The molecule has 1 amide bonds. The lowest BCUT2D eigenvalue weighted by Gasteiger charge is -2.26. The first-order valence-corrected chi connectivity index (χ1v) is 6.68. The van der Waals surface area contributed by atoms with E-state index in [9.17, 15) is 18.0 Å². The van der Waals surface area contributed by atoms with Crippen LogP contribution in [0, 0.1) is 11.3 Å². The van der Waals surface area contributed by atoms with E-state index < -0.39 is 11.7 Å². The first-order chi connectivity index (χ1) is 9.41. The van der Waals surface area contributed by atoms with Crippen molar-refractivity contribution >= 4 is 17.3 Å². The van der Waals surface area contributed by atoms with Crippen molar-refractivity contribution in [3.63, 3.8) is 0 Å². The SMILES string of the molecule is CC(CC(=O)Nc1ccc(N)c(C(F)(F)F)c1)C(C)(C)C. The third kappa shape index (κ3) is 4.95. The zero-order chi connectivity index (χ0) is 16.4. The molecule has 1 unspecified atom stereocenters. The van der Waals surface area contributed by atoms with Crippen LogP contribution in [0.2, 0.25) is 0 Å². The number of hydrogen-bond acceptors (Lipinski definition) is 2. The quantitative estimate of drug-likeness (QED) is 0.818. The van der Waals surface area contributed by atoms with Crippen LogP contribution in [0.1, 0.15) is 39.7 Å². The van der Waals surface area contributed by atoms with Crippen LogP contribution in [0.3, 0.4) is 0 Å². The molecule has 0 spiro atoms. The minimum atomic E-state index is -4.54. The van der Waals surface area contributed by atoms with Crippen LogP contribution in [0.15, 0.2) is 18.2 Å². The van der Waals surface area contributed by atoms with Gasteiger partial charge in [0.05, 0.1) is 5.56 Å². The first-order valence-electron chi connectivity index (χ1n) is 6.68. The highest BCUT2D eigenvalue weighted by atomic mass is 19.4. The predicted octanol–water partition coefficient (Wildman–Crippen LogP) is 4.30. The first kappa shape index (κ1) is 17.3. The normalized spacial score (nSPS) is 13.9. The summed E-state index contributed by atoms with van der Waals surface area (Å²) in [6.45, 7) is 7.96. The molecule has 0 aromatic heterocycles. The Balaban J connectivity index is 2.83. The second-order valence-corrected chi connectivity index (χ2v) is 6.32. The van der Waals surface area contributed by atoms with Crippen molar-refractivity contribution in [2.45, 2.75) is 40.3 Å². The number of nitrogen functional groups attached to an aromatic ring is 1. The number of halogens is 3. The van der Waals surface area contributed by atoms with Gasteiger partial charge in [-0.05, 0) is 29.5 Å². The lowest BCUT2D eigenvalue weighted by molar-refractivity contribution is -0.137. The molecule has 0 aliphatic rings. The number of carbonyl (C=O) groups excluding carboxylic acids is 1. The Bertz CT molecular complexity index is 519. The Hall–Kier alpha value is -1.72. The van der Waals surface area contributed by atoms with Gasteiger partial charge in [0.1, 0.15) is 0 Å². The fourth-order valence-electron chi connectivity index (χ4n) is 1.68. The van der Waals surface area contributed by atoms with Crippen LogP contribution in [0.4, 0.5) is 24.5 Å².